The number of nitrogens with zero attached hydrogens (tertiary/aromatic N) is 7. The summed E-state index contributed by atoms with van der Waals surface area (Å²) in [6, 6.07) is 14.9. The number of anilines is 2. The Balaban J connectivity index is 1.60. The summed E-state index contributed by atoms with van der Waals surface area (Å²) in [4.78, 5) is 20.3. The topological polar surface area (TPSA) is 98.8 Å². The van der Waals surface area contributed by atoms with Crippen molar-refractivity contribution in [2.24, 2.45) is 0 Å². The van der Waals surface area contributed by atoms with E-state index >= 15 is 0 Å². The number of halogens is 1. The minimum absolute atomic E-state index is 0.179. The Hall–Kier alpha value is -3.85. The Kier molecular flexibility index (Phi) is 4.19. The third-order valence-corrected chi connectivity index (χ3v) is 6.19. The molecule has 1 fully saturated rings. The van der Waals surface area contributed by atoms with Crippen LogP contribution in [0.4, 0.5) is 11.8 Å². The molecule has 1 saturated heterocycles. The van der Waals surface area contributed by atoms with Crippen LogP contribution in [0, 0.1) is 0 Å². The number of fused-ring (bicyclic) bond motifs is 2. The summed E-state index contributed by atoms with van der Waals surface area (Å²) in [5.41, 5.74) is 7.73. The largest absolute Gasteiger partial charge is 0.366 e. The van der Waals surface area contributed by atoms with Crippen LogP contribution < -0.4 is 16.2 Å². The highest BCUT2D eigenvalue weighted by molar-refractivity contribution is 6.33. The first-order valence-corrected chi connectivity index (χ1v) is 10.7. The number of aromatic nitrogens is 6. The molecule has 1 aliphatic heterocycles. The van der Waals surface area contributed by atoms with Crippen molar-refractivity contribution in [2.75, 3.05) is 17.2 Å². The van der Waals surface area contributed by atoms with E-state index in [1.165, 1.54) is 0 Å². The van der Waals surface area contributed by atoms with Gasteiger partial charge in [0.2, 0.25) is 5.95 Å². The van der Waals surface area contributed by atoms with Gasteiger partial charge in [0.1, 0.15) is 11.0 Å². The van der Waals surface area contributed by atoms with E-state index in [-0.39, 0.29) is 17.5 Å². The fourth-order valence-corrected chi connectivity index (χ4v) is 4.75. The second-order valence-corrected chi connectivity index (χ2v) is 8.18. The lowest BCUT2D eigenvalue weighted by molar-refractivity contribution is 0.601. The lowest BCUT2D eigenvalue weighted by Gasteiger charge is -2.27. The lowest BCUT2D eigenvalue weighted by Crippen LogP contribution is -2.33. The van der Waals surface area contributed by atoms with E-state index in [1.807, 2.05) is 48.7 Å². The Morgan fingerprint density at radius 2 is 1.84 bits per heavy atom. The number of hydrogen-bond acceptors (Lipinski definition) is 6. The van der Waals surface area contributed by atoms with Gasteiger partial charge in [0, 0.05) is 18.9 Å². The predicted octanol–water partition coefficient (Wildman–Crippen LogP) is 3.11. The summed E-state index contributed by atoms with van der Waals surface area (Å²) >= 11 is 6.33. The van der Waals surface area contributed by atoms with E-state index in [4.69, 9.17) is 22.4 Å². The Labute approximate surface area is 187 Å². The van der Waals surface area contributed by atoms with Gasteiger partial charge in [0.05, 0.1) is 16.8 Å². The minimum atomic E-state index is -0.210. The second-order valence-electron chi connectivity index (χ2n) is 7.77. The minimum Gasteiger partial charge on any atom is -0.366 e. The van der Waals surface area contributed by atoms with Crippen LogP contribution in [0.5, 0.6) is 0 Å². The van der Waals surface area contributed by atoms with Crippen molar-refractivity contribution in [2.45, 2.75) is 18.9 Å². The van der Waals surface area contributed by atoms with Gasteiger partial charge < -0.3 is 10.6 Å². The molecule has 1 aromatic carbocycles. The average molecular weight is 447 g/mol. The SMILES string of the molecule is Nc1nc(N2CCC[C@H]2c2nn3ccc(Cl)c3c(=O)n2-c2ccccc2)c2cccn2n1. The fraction of sp³-hybridized carbons (Fsp3) is 0.182. The molecule has 0 unspecified atom stereocenters. The van der Waals surface area contributed by atoms with Crippen molar-refractivity contribution in [3.63, 3.8) is 0 Å². The zero-order chi connectivity index (χ0) is 21.8. The average Bonchev–Trinajstić information content (AvgIpc) is 3.53. The molecule has 0 spiro atoms. The molecule has 160 valence electrons. The van der Waals surface area contributed by atoms with Gasteiger partial charge >= 0.3 is 0 Å². The van der Waals surface area contributed by atoms with Crippen molar-refractivity contribution in [1.82, 2.24) is 28.8 Å². The number of nitrogens with two attached hydrogens (primary N) is 1. The molecule has 1 aliphatic rings. The highest BCUT2D eigenvalue weighted by Gasteiger charge is 2.33. The van der Waals surface area contributed by atoms with Crippen molar-refractivity contribution in [1.29, 1.82) is 0 Å². The monoisotopic (exact) mass is 446 g/mol. The molecule has 0 radical (unpaired) electrons. The molecule has 0 amide bonds. The Morgan fingerprint density at radius 3 is 2.69 bits per heavy atom. The Morgan fingerprint density at radius 1 is 1.00 bits per heavy atom. The third kappa shape index (κ3) is 2.78. The van der Waals surface area contributed by atoms with Crippen LogP contribution in [0.1, 0.15) is 24.7 Å². The van der Waals surface area contributed by atoms with Crippen LogP contribution >= 0.6 is 11.6 Å². The zero-order valence-electron chi connectivity index (χ0n) is 17.0. The number of benzene rings is 1. The first-order valence-electron chi connectivity index (χ1n) is 10.3. The summed E-state index contributed by atoms with van der Waals surface area (Å²) in [5, 5.41) is 9.48. The summed E-state index contributed by atoms with van der Waals surface area (Å²) < 4.78 is 4.95. The van der Waals surface area contributed by atoms with E-state index in [2.05, 4.69) is 15.0 Å². The van der Waals surface area contributed by atoms with E-state index in [9.17, 15) is 4.79 Å². The molecule has 2 N–H and O–H groups in total. The summed E-state index contributed by atoms with van der Waals surface area (Å²) in [7, 11) is 0. The van der Waals surface area contributed by atoms with Crippen LogP contribution in [-0.4, -0.2) is 35.3 Å². The van der Waals surface area contributed by atoms with Crippen LogP contribution in [0.25, 0.3) is 16.7 Å². The van der Waals surface area contributed by atoms with Gasteiger partial charge in [-0.25, -0.2) is 9.03 Å². The maximum Gasteiger partial charge on any atom is 0.284 e. The molecular weight excluding hydrogens is 428 g/mol. The zero-order valence-corrected chi connectivity index (χ0v) is 17.7. The molecule has 32 heavy (non-hydrogen) atoms. The van der Waals surface area contributed by atoms with E-state index in [1.54, 1.807) is 25.9 Å². The summed E-state index contributed by atoms with van der Waals surface area (Å²) in [6.07, 6.45) is 5.30. The van der Waals surface area contributed by atoms with Crippen LogP contribution in [0.3, 0.4) is 0 Å². The van der Waals surface area contributed by atoms with Crippen molar-refractivity contribution < 1.29 is 0 Å². The van der Waals surface area contributed by atoms with Gasteiger partial charge in [-0.3, -0.25) is 9.36 Å². The molecular formula is C22H19ClN8O. The number of para-hydroxylation sites is 1. The van der Waals surface area contributed by atoms with Crippen molar-refractivity contribution in [3.8, 4) is 5.69 Å². The molecule has 1 atom stereocenters. The number of hydrogen-bond donors (Lipinski definition) is 1. The highest BCUT2D eigenvalue weighted by Crippen LogP contribution is 2.37. The van der Waals surface area contributed by atoms with Gasteiger partial charge in [-0.15, -0.1) is 5.10 Å². The van der Waals surface area contributed by atoms with Gasteiger partial charge in [-0.1, -0.05) is 29.8 Å². The third-order valence-electron chi connectivity index (χ3n) is 5.89. The maximum absolute atomic E-state index is 13.6. The van der Waals surface area contributed by atoms with E-state index in [0.29, 0.717) is 16.4 Å². The fourth-order valence-electron chi connectivity index (χ4n) is 4.52. The van der Waals surface area contributed by atoms with Gasteiger partial charge in [-0.2, -0.15) is 10.1 Å². The quantitative estimate of drug-likeness (QED) is 0.457. The first kappa shape index (κ1) is 18.9. The highest BCUT2D eigenvalue weighted by atomic mass is 35.5. The normalized spacial score (nSPS) is 16.4. The molecule has 9 nitrogen and oxygen atoms in total. The van der Waals surface area contributed by atoms with Gasteiger partial charge in [0.25, 0.3) is 5.56 Å². The molecule has 0 bridgehead atoms. The first-order chi connectivity index (χ1) is 15.6. The van der Waals surface area contributed by atoms with Crippen LogP contribution in [-0.2, 0) is 0 Å². The molecule has 0 saturated carbocycles. The van der Waals surface area contributed by atoms with E-state index < -0.39 is 0 Å². The smallest absolute Gasteiger partial charge is 0.284 e. The molecule has 4 aromatic heterocycles. The summed E-state index contributed by atoms with van der Waals surface area (Å²) in [6.45, 7) is 0.761. The molecule has 6 rings (SSSR count). The predicted molar refractivity (Wildman–Crippen MR) is 123 cm³/mol. The number of rotatable bonds is 3. The Bertz CT molecular complexity index is 1520. The second kappa shape index (κ2) is 7.10. The molecule has 5 aromatic rings. The number of nitrogen functional groups attached to an aromatic ring is 1. The van der Waals surface area contributed by atoms with Crippen LogP contribution in [0.15, 0.2) is 65.7 Å². The van der Waals surface area contributed by atoms with E-state index in [0.717, 1.165) is 36.4 Å². The standard InChI is InChI=1S/C22H19ClN8O/c23-15-10-13-30-18(15)21(32)31(14-6-2-1-3-7-14)20(26-30)16-8-4-11-28(16)19-17-9-5-12-29(17)27-22(24)25-19/h1-3,5-7,9-10,12-13,16H,4,8,11H2,(H2,24,27)/t16-/m0/s1. The lowest BCUT2D eigenvalue weighted by atomic mass is 10.2. The van der Waals surface area contributed by atoms with Crippen LogP contribution in [0.2, 0.25) is 5.02 Å². The van der Waals surface area contributed by atoms with Crippen molar-refractivity contribution in [3.05, 3.63) is 82.1 Å². The summed E-state index contributed by atoms with van der Waals surface area (Å²) in [5.74, 6) is 1.54. The maximum atomic E-state index is 13.6. The van der Waals surface area contributed by atoms with Gasteiger partial charge in [-0.05, 0) is 43.2 Å². The van der Waals surface area contributed by atoms with Gasteiger partial charge in [0.15, 0.2) is 11.6 Å². The molecule has 10 heteroatoms. The molecule has 0 aliphatic carbocycles. The van der Waals surface area contributed by atoms with Crippen molar-refractivity contribution >= 4 is 34.4 Å². The molecule has 5 heterocycles.